The summed E-state index contributed by atoms with van der Waals surface area (Å²) >= 11 is 0. The molecule has 0 saturated carbocycles. The molecule has 0 saturated heterocycles. The van der Waals surface area contributed by atoms with E-state index in [2.05, 4.69) is 0 Å². The van der Waals surface area contributed by atoms with E-state index in [4.69, 9.17) is 4.74 Å². The minimum absolute atomic E-state index is 0.271. The van der Waals surface area contributed by atoms with E-state index in [1.165, 1.54) is 12.1 Å². The Hall–Kier alpha value is -2.23. The highest BCUT2D eigenvalue weighted by atomic mass is 19.2. The van der Waals surface area contributed by atoms with Crippen LogP contribution in [0.2, 0.25) is 0 Å². The van der Waals surface area contributed by atoms with Crippen LogP contribution >= 0.6 is 0 Å². The fraction of sp³-hybridized carbons (Fsp3) is 0.188. The molecule has 1 aliphatic heterocycles. The molecule has 2 aromatic carbocycles. The zero-order valence-electron chi connectivity index (χ0n) is 10.7. The van der Waals surface area contributed by atoms with E-state index in [1.54, 1.807) is 12.1 Å². The van der Waals surface area contributed by atoms with Crippen molar-refractivity contribution in [1.29, 1.82) is 0 Å². The van der Waals surface area contributed by atoms with Crippen molar-refractivity contribution in [3.8, 4) is 5.75 Å². The number of carbonyl (C=O) groups excluding carboxylic acids is 1. The van der Waals surface area contributed by atoms with Crippen molar-refractivity contribution in [1.82, 2.24) is 0 Å². The summed E-state index contributed by atoms with van der Waals surface area (Å²) in [4.78, 5) is 12.4. The first-order valence-electron chi connectivity index (χ1n) is 6.42. The van der Waals surface area contributed by atoms with E-state index in [9.17, 15) is 13.6 Å². The maximum absolute atomic E-state index is 13.7. The number of aryl methyl sites for hydroxylation is 1. The molecule has 0 bridgehead atoms. The molecule has 0 N–H and O–H groups in total. The van der Waals surface area contributed by atoms with E-state index in [-0.39, 0.29) is 11.1 Å². The number of para-hydroxylation sites is 1. The van der Waals surface area contributed by atoms with Crippen molar-refractivity contribution in [2.45, 2.75) is 12.8 Å². The summed E-state index contributed by atoms with van der Waals surface area (Å²) in [6.07, 6.45) is 1.71. The number of carbonyl (C=O) groups is 1. The van der Waals surface area contributed by atoms with E-state index in [0.717, 1.165) is 24.5 Å². The van der Waals surface area contributed by atoms with Crippen molar-refractivity contribution in [2.24, 2.45) is 0 Å². The minimum atomic E-state index is -1.12. The fourth-order valence-corrected chi connectivity index (χ4v) is 2.39. The molecule has 1 aliphatic rings. The summed E-state index contributed by atoms with van der Waals surface area (Å²) in [6.45, 7) is 0.531. The number of hydrogen-bond acceptors (Lipinski definition) is 2. The van der Waals surface area contributed by atoms with Crippen molar-refractivity contribution < 1.29 is 18.3 Å². The molecule has 0 aliphatic carbocycles. The minimum Gasteiger partial charge on any atom is -0.493 e. The van der Waals surface area contributed by atoms with Crippen molar-refractivity contribution >= 4 is 5.78 Å². The first-order valence-corrected chi connectivity index (χ1v) is 6.42. The number of rotatable bonds is 2. The second kappa shape index (κ2) is 5.04. The smallest absolute Gasteiger partial charge is 0.199 e. The lowest BCUT2D eigenvalue weighted by molar-refractivity contribution is 0.102. The number of halogens is 2. The monoisotopic (exact) mass is 274 g/mol. The third-order valence-corrected chi connectivity index (χ3v) is 3.37. The standard InChI is InChI=1S/C16H12F2O2/c17-13-8-2-6-11(14(13)18)15(19)12-7-1-4-10-5-3-9-20-16(10)12/h1-2,4,6-8H,3,5,9H2. The molecule has 1 heterocycles. The first-order chi connectivity index (χ1) is 9.68. The summed E-state index contributed by atoms with van der Waals surface area (Å²) in [5.74, 6) is -2.21. The van der Waals surface area contributed by atoms with Crippen LogP contribution in [0, 0.1) is 11.6 Å². The molecule has 0 atom stereocenters. The third-order valence-electron chi connectivity index (χ3n) is 3.37. The van der Waals surface area contributed by atoms with Crippen LogP contribution in [-0.2, 0) is 6.42 Å². The van der Waals surface area contributed by atoms with E-state index in [1.807, 2.05) is 6.07 Å². The third kappa shape index (κ3) is 2.07. The van der Waals surface area contributed by atoms with Gasteiger partial charge in [-0.25, -0.2) is 8.78 Å². The molecule has 2 aromatic rings. The SMILES string of the molecule is O=C(c1cccc(F)c1F)c1cccc2c1OCCC2. The first kappa shape index (κ1) is 12.8. The van der Waals surface area contributed by atoms with Gasteiger partial charge >= 0.3 is 0 Å². The zero-order chi connectivity index (χ0) is 14.1. The van der Waals surface area contributed by atoms with Crippen LogP contribution in [0.4, 0.5) is 8.78 Å². The number of ketones is 1. The van der Waals surface area contributed by atoms with E-state index in [0.29, 0.717) is 12.4 Å². The lowest BCUT2D eigenvalue weighted by Crippen LogP contribution is -2.14. The second-order valence-electron chi connectivity index (χ2n) is 4.68. The number of fused-ring (bicyclic) bond motifs is 1. The molecule has 0 fully saturated rings. The molecule has 0 aromatic heterocycles. The summed E-state index contributed by atoms with van der Waals surface area (Å²) < 4.78 is 32.5. The van der Waals surface area contributed by atoms with Crippen LogP contribution in [-0.4, -0.2) is 12.4 Å². The van der Waals surface area contributed by atoms with Crippen molar-refractivity contribution in [2.75, 3.05) is 6.61 Å². The topological polar surface area (TPSA) is 26.3 Å². The molecule has 2 nitrogen and oxygen atoms in total. The predicted octanol–water partition coefficient (Wildman–Crippen LogP) is 3.52. The van der Waals surface area contributed by atoms with Crippen LogP contribution in [0.15, 0.2) is 36.4 Å². The second-order valence-corrected chi connectivity index (χ2v) is 4.68. The van der Waals surface area contributed by atoms with Gasteiger partial charge in [-0.3, -0.25) is 4.79 Å². The van der Waals surface area contributed by atoms with Crippen LogP contribution in [0.3, 0.4) is 0 Å². The Balaban J connectivity index is 2.09. The Morgan fingerprint density at radius 1 is 1.05 bits per heavy atom. The maximum atomic E-state index is 13.7. The highest BCUT2D eigenvalue weighted by molar-refractivity contribution is 6.11. The Kier molecular flexibility index (Phi) is 3.22. The Morgan fingerprint density at radius 3 is 2.65 bits per heavy atom. The largest absolute Gasteiger partial charge is 0.493 e. The Bertz CT molecular complexity index is 680. The van der Waals surface area contributed by atoms with Crippen LogP contribution < -0.4 is 4.74 Å². The molecule has 20 heavy (non-hydrogen) atoms. The summed E-state index contributed by atoms with van der Waals surface area (Å²) in [5.41, 5.74) is 0.943. The summed E-state index contributed by atoms with van der Waals surface area (Å²) in [5, 5.41) is 0. The average Bonchev–Trinajstić information content (AvgIpc) is 2.49. The molecule has 0 spiro atoms. The lowest BCUT2D eigenvalue weighted by atomic mass is 9.96. The molecule has 0 amide bonds. The van der Waals surface area contributed by atoms with Gasteiger partial charge in [0, 0.05) is 0 Å². The highest BCUT2D eigenvalue weighted by Crippen LogP contribution is 2.31. The highest BCUT2D eigenvalue weighted by Gasteiger charge is 2.23. The molecular formula is C16H12F2O2. The van der Waals surface area contributed by atoms with E-state index >= 15 is 0 Å². The van der Waals surface area contributed by atoms with Crippen LogP contribution in [0.25, 0.3) is 0 Å². The van der Waals surface area contributed by atoms with Crippen LogP contribution in [0.1, 0.15) is 27.9 Å². The average molecular weight is 274 g/mol. The van der Waals surface area contributed by atoms with Gasteiger partial charge in [0.05, 0.1) is 17.7 Å². The molecule has 3 rings (SSSR count). The fourth-order valence-electron chi connectivity index (χ4n) is 2.39. The van der Waals surface area contributed by atoms with Gasteiger partial charge in [-0.15, -0.1) is 0 Å². The Morgan fingerprint density at radius 2 is 1.80 bits per heavy atom. The molecule has 102 valence electrons. The molecule has 0 radical (unpaired) electrons. The Labute approximate surface area is 115 Å². The molecule has 0 unspecified atom stereocenters. The van der Waals surface area contributed by atoms with E-state index < -0.39 is 17.4 Å². The van der Waals surface area contributed by atoms with Crippen LogP contribution in [0.5, 0.6) is 5.75 Å². The summed E-state index contributed by atoms with van der Waals surface area (Å²) in [7, 11) is 0. The predicted molar refractivity (Wildman–Crippen MR) is 70.0 cm³/mol. The van der Waals surface area contributed by atoms with Crippen molar-refractivity contribution in [3.63, 3.8) is 0 Å². The lowest BCUT2D eigenvalue weighted by Gasteiger charge is -2.19. The number of hydrogen-bond donors (Lipinski definition) is 0. The number of ether oxygens (including phenoxy) is 1. The van der Waals surface area contributed by atoms with Gasteiger partial charge in [0.2, 0.25) is 0 Å². The van der Waals surface area contributed by atoms with Crippen molar-refractivity contribution in [3.05, 3.63) is 64.7 Å². The van der Waals surface area contributed by atoms with Gasteiger partial charge in [-0.05, 0) is 36.6 Å². The normalized spacial score (nSPS) is 13.5. The van der Waals surface area contributed by atoms with Gasteiger partial charge in [0.15, 0.2) is 17.4 Å². The maximum Gasteiger partial charge on any atom is 0.199 e. The van der Waals surface area contributed by atoms with Gasteiger partial charge in [-0.1, -0.05) is 18.2 Å². The number of benzene rings is 2. The van der Waals surface area contributed by atoms with Gasteiger partial charge < -0.3 is 4.74 Å². The van der Waals surface area contributed by atoms with Gasteiger partial charge in [0.1, 0.15) is 5.75 Å². The molecular weight excluding hydrogens is 262 g/mol. The quantitative estimate of drug-likeness (QED) is 0.783. The zero-order valence-corrected chi connectivity index (χ0v) is 10.7. The molecule has 4 heteroatoms. The van der Waals surface area contributed by atoms with Gasteiger partial charge in [0.25, 0.3) is 0 Å². The summed E-state index contributed by atoms with van der Waals surface area (Å²) in [6, 6.07) is 8.79. The van der Waals surface area contributed by atoms with Gasteiger partial charge in [-0.2, -0.15) is 0 Å².